The third-order valence-electron chi connectivity index (χ3n) is 2.43. The van der Waals surface area contributed by atoms with E-state index in [1.54, 1.807) is 0 Å². The first kappa shape index (κ1) is 13.8. The fraction of sp³-hybridized carbons (Fsp3) is 0.467. The lowest BCUT2D eigenvalue weighted by Crippen LogP contribution is -1.95. The molecular formula is C15H20O2. The molecule has 0 aliphatic carbocycles. The van der Waals surface area contributed by atoms with Crippen molar-refractivity contribution in [2.24, 2.45) is 0 Å². The number of ether oxygens (including phenoxy) is 1. The fourth-order valence-corrected chi connectivity index (χ4v) is 1.47. The summed E-state index contributed by atoms with van der Waals surface area (Å²) in [6.07, 6.45) is 3.59. The van der Waals surface area contributed by atoms with Crippen LogP contribution in [0.2, 0.25) is 0 Å². The third kappa shape index (κ3) is 6.11. The highest BCUT2D eigenvalue weighted by molar-refractivity contribution is 5.35. The van der Waals surface area contributed by atoms with Gasteiger partial charge in [0.05, 0.1) is 6.61 Å². The summed E-state index contributed by atoms with van der Waals surface area (Å²) in [5, 5.41) is 8.58. The molecule has 0 spiro atoms. The average molecular weight is 232 g/mol. The molecule has 0 bridgehead atoms. The zero-order valence-corrected chi connectivity index (χ0v) is 10.4. The van der Waals surface area contributed by atoms with Gasteiger partial charge in [-0.3, -0.25) is 0 Å². The molecule has 0 saturated heterocycles. The van der Waals surface area contributed by atoms with E-state index in [4.69, 9.17) is 9.84 Å². The number of aliphatic hydroxyl groups is 1. The SMILES string of the molecule is CCCCCOCc1ccc(C#CCO)cc1. The number of rotatable bonds is 6. The smallest absolute Gasteiger partial charge is 0.104 e. The Morgan fingerprint density at radius 1 is 1.18 bits per heavy atom. The summed E-state index contributed by atoms with van der Waals surface area (Å²) in [7, 11) is 0. The van der Waals surface area contributed by atoms with Gasteiger partial charge < -0.3 is 9.84 Å². The first-order chi connectivity index (χ1) is 8.36. The molecule has 1 N–H and O–H groups in total. The van der Waals surface area contributed by atoms with Gasteiger partial charge in [-0.1, -0.05) is 43.7 Å². The minimum Gasteiger partial charge on any atom is -0.384 e. The molecule has 1 aromatic carbocycles. The zero-order valence-electron chi connectivity index (χ0n) is 10.4. The molecule has 0 unspecified atom stereocenters. The Kier molecular flexibility index (Phi) is 7.13. The van der Waals surface area contributed by atoms with Gasteiger partial charge in [-0.25, -0.2) is 0 Å². The van der Waals surface area contributed by atoms with Gasteiger partial charge in [0.15, 0.2) is 0 Å². The largest absolute Gasteiger partial charge is 0.384 e. The normalized spacial score (nSPS) is 9.76. The van der Waals surface area contributed by atoms with Crippen molar-refractivity contribution in [1.82, 2.24) is 0 Å². The summed E-state index contributed by atoms with van der Waals surface area (Å²) < 4.78 is 5.57. The predicted octanol–water partition coefficient (Wildman–Crippen LogP) is 2.74. The Labute approximate surface area is 104 Å². The molecule has 0 fully saturated rings. The van der Waals surface area contributed by atoms with E-state index in [1.165, 1.54) is 12.8 Å². The predicted molar refractivity (Wildman–Crippen MR) is 69.6 cm³/mol. The molecule has 1 rings (SSSR count). The van der Waals surface area contributed by atoms with Crippen LogP contribution in [-0.4, -0.2) is 18.3 Å². The summed E-state index contributed by atoms with van der Waals surface area (Å²) in [5.41, 5.74) is 2.09. The van der Waals surface area contributed by atoms with E-state index in [0.717, 1.165) is 24.2 Å². The molecule has 0 heterocycles. The van der Waals surface area contributed by atoms with Crippen molar-refractivity contribution in [2.45, 2.75) is 32.8 Å². The van der Waals surface area contributed by atoms with Crippen LogP contribution >= 0.6 is 0 Å². The molecule has 0 aromatic heterocycles. The summed E-state index contributed by atoms with van der Waals surface area (Å²) >= 11 is 0. The Morgan fingerprint density at radius 2 is 1.94 bits per heavy atom. The van der Waals surface area contributed by atoms with E-state index in [2.05, 4.69) is 18.8 Å². The van der Waals surface area contributed by atoms with Crippen molar-refractivity contribution < 1.29 is 9.84 Å². The second-order valence-corrected chi connectivity index (χ2v) is 3.92. The van der Waals surface area contributed by atoms with Gasteiger partial charge in [0.1, 0.15) is 6.61 Å². The number of hydrogen-bond acceptors (Lipinski definition) is 2. The van der Waals surface area contributed by atoms with Gasteiger partial charge in [0.25, 0.3) is 0 Å². The van der Waals surface area contributed by atoms with Crippen LogP contribution in [0.1, 0.15) is 37.3 Å². The lowest BCUT2D eigenvalue weighted by Gasteiger charge is -2.03. The van der Waals surface area contributed by atoms with E-state index in [1.807, 2.05) is 24.3 Å². The summed E-state index contributed by atoms with van der Waals surface area (Å²) in [4.78, 5) is 0. The van der Waals surface area contributed by atoms with Gasteiger partial charge >= 0.3 is 0 Å². The molecule has 0 atom stereocenters. The van der Waals surface area contributed by atoms with Crippen LogP contribution in [0.15, 0.2) is 24.3 Å². The lowest BCUT2D eigenvalue weighted by molar-refractivity contribution is 0.117. The highest BCUT2D eigenvalue weighted by Crippen LogP contribution is 2.05. The fourth-order valence-electron chi connectivity index (χ4n) is 1.47. The second kappa shape index (κ2) is 8.81. The van der Waals surface area contributed by atoms with Crippen molar-refractivity contribution in [3.63, 3.8) is 0 Å². The lowest BCUT2D eigenvalue weighted by atomic mass is 10.1. The van der Waals surface area contributed by atoms with E-state index >= 15 is 0 Å². The van der Waals surface area contributed by atoms with E-state index in [9.17, 15) is 0 Å². The molecule has 0 saturated carbocycles. The van der Waals surface area contributed by atoms with Crippen LogP contribution < -0.4 is 0 Å². The molecule has 0 radical (unpaired) electrons. The van der Waals surface area contributed by atoms with Crippen molar-refractivity contribution in [1.29, 1.82) is 0 Å². The minimum atomic E-state index is -0.0949. The van der Waals surface area contributed by atoms with E-state index < -0.39 is 0 Å². The van der Waals surface area contributed by atoms with E-state index in [-0.39, 0.29) is 6.61 Å². The van der Waals surface area contributed by atoms with Gasteiger partial charge in [-0.15, -0.1) is 0 Å². The van der Waals surface area contributed by atoms with Crippen molar-refractivity contribution >= 4 is 0 Å². The maximum atomic E-state index is 8.58. The quantitative estimate of drug-likeness (QED) is 0.603. The Hall–Kier alpha value is -1.30. The van der Waals surface area contributed by atoms with Crippen LogP contribution in [0.25, 0.3) is 0 Å². The number of hydrogen-bond donors (Lipinski definition) is 1. The van der Waals surface area contributed by atoms with Crippen LogP contribution in [0.4, 0.5) is 0 Å². The standard InChI is InChI=1S/C15H20O2/c1-2-3-4-12-17-13-15-9-7-14(8-10-15)6-5-11-16/h7-10,16H,2-4,11-13H2,1H3. The molecule has 0 aliphatic rings. The summed E-state index contributed by atoms with van der Waals surface area (Å²) in [6.45, 7) is 3.59. The van der Waals surface area contributed by atoms with Crippen LogP contribution in [0.5, 0.6) is 0 Å². The van der Waals surface area contributed by atoms with Gasteiger partial charge in [-0.05, 0) is 24.1 Å². The molecule has 0 amide bonds. The number of benzene rings is 1. The Morgan fingerprint density at radius 3 is 2.59 bits per heavy atom. The molecule has 17 heavy (non-hydrogen) atoms. The van der Waals surface area contributed by atoms with Crippen molar-refractivity contribution in [2.75, 3.05) is 13.2 Å². The number of unbranched alkanes of at least 4 members (excludes halogenated alkanes) is 2. The monoisotopic (exact) mass is 232 g/mol. The average Bonchev–Trinajstić information content (AvgIpc) is 2.37. The third-order valence-corrected chi connectivity index (χ3v) is 2.43. The van der Waals surface area contributed by atoms with Gasteiger partial charge in [0, 0.05) is 12.2 Å². The highest BCUT2D eigenvalue weighted by Gasteiger charge is 1.93. The molecule has 1 aromatic rings. The van der Waals surface area contributed by atoms with Crippen molar-refractivity contribution in [3.05, 3.63) is 35.4 Å². The first-order valence-corrected chi connectivity index (χ1v) is 6.13. The minimum absolute atomic E-state index is 0.0949. The second-order valence-electron chi connectivity index (χ2n) is 3.92. The van der Waals surface area contributed by atoms with Crippen LogP contribution in [0, 0.1) is 11.8 Å². The Balaban J connectivity index is 2.30. The van der Waals surface area contributed by atoms with Gasteiger partial charge in [-0.2, -0.15) is 0 Å². The summed E-state index contributed by atoms with van der Waals surface area (Å²) in [6, 6.07) is 7.93. The first-order valence-electron chi connectivity index (χ1n) is 6.13. The number of aliphatic hydroxyl groups excluding tert-OH is 1. The van der Waals surface area contributed by atoms with E-state index in [0.29, 0.717) is 6.61 Å². The molecule has 2 heteroatoms. The Bertz CT molecular complexity index is 357. The molecule has 2 nitrogen and oxygen atoms in total. The maximum Gasteiger partial charge on any atom is 0.104 e. The van der Waals surface area contributed by atoms with Crippen LogP contribution in [0.3, 0.4) is 0 Å². The van der Waals surface area contributed by atoms with Gasteiger partial charge in [0.2, 0.25) is 0 Å². The molecular weight excluding hydrogens is 212 g/mol. The highest BCUT2D eigenvalue weighted by atomic mass is 16.5. The topological polar surface area (TPSA) is 29.5 Å². The molecule has 0 aliphatic heterocycles. The zero-order chi connectivity index (χ0) is 12.3. The maximum absolute atomic E-state index is 8.58. The molecule has 92 valence electrons. The summed E-state index contributed by atoms with van der Waals surface area (Å²) in [5.74, 6) is 5.49. The van der Waals surface area contributed by atoms with Crippen LogP contribution in [-0.2, 0) is 11.3 Å². The van der Waals surface area contributed by atoms with Crippen molar-refractivity contribution in [3.8, 4) is 11.8 Å².